The minimum Gasteiger partial charge on any atom is -0.322 e. The normalized spacial score (nSPS) is 24.1. The first kappa shape index (κ1) is 13.5. The van der Waals surface area contributed by atoms with Crippen LogP contribution in [0.1, 0.15) is 39.9 Å². The molecule has 1 saturated heterocycles. The van der Waals surface area contributed by atoms with Gasteiger partial charge in [0, 0.05) is 25.1 Å². The van der Waals surface area contributed by atoms with Gasteiger partial charge in [0.1, 0.15) is 6.04 Å². The Balaban J connectivity index is 1.64. The van der Waals surface area contributed by atoms with Gasteiger partial charge < -0.3 is 10.2 Å². The molecular weight excluding hydrogens is 282 g/mol. The molecular formula is C16H17N3O3. The second kappa shape index (κ2) is 4.91. The number of nitrogens with zero attached hydrogens (tertiary/aromatic N) is 1. The smallest absolute Gasteiger partial charge is 0.255 e. The van der Waals surface area contributed by atoms with Gasteiger partial charge in [-0.3, -0.25) is 19.7 Å². The molecule has 22 heavy (non-hydrogen) atoms. The maximum absolute atomic E-state index is 12.6. The van der Waals surface area contributed by atoms with Crippen LogP contribution in [0.25, 0.3) is 0 Å². The van der Waals surface area contributed by atoms with E-state index in [9.17, 15) is 14.4 Å². The van der Waals surface area contributed by atoms with Crippen LogP contribution in [0.5, 0.6) is 0 Å². The summed E-state index contributed by atoms with van der Waals surface area (Å²) in [6.45, 7) is 2.20. The number of hydrogen-bond acceptors (Lipinski definition) is 4. The van der Waals surface area contributed by atoms with Crippen LogP contribution in [0.2, 0.25) is 0 Å². The third kappa shape index (κ3) is 2.02. The first-order valence-corrected chi connectivity index (χ1v) is 7.63. The second-order valence-corrected chi connectivity index (χ2v) is 6.10. The lowest BCUT2D eigenvalue weighted by atomic mass is 9.95. The zero-order valence-corrected chi connectivity index (χ0v) is 12.1. The molecule has 1 fully saturated rings. The summed E-state index contributed by atoms with van der Waals surface area (Å²) in [5, 5.41) is 5.63. The third-order valence-corrected chi connectivity index (χ3v) is 4.73. The van der Waals surface area contributed by atoms with Crippen molar-refractivity contribution in [3.05, 3.63) is 34.4 Å². The van der Waals surface area contributed by atoms with Gasteiger partial charge in [-0.25, -0.2) is 0 Å². The molecule has 3 heterocycles. The number of fused-ring (bicyclic) bond motifs is 2. The van der Waals surface area contributed by atoms with Crippen molar-refractivity contribution in [3.63, 3.8) is 0 Å². The molecule has 0 aliphatic carbocycles. The van der Waals surface area contributed by atoms with Gasteiger partial charge in [-0.05, 0) is 42.1 Å². The molecule has 0 aromatic heterocycles. The number of piperidine rings is 1. The zero-order chi connectivity index (χ0) is 15.3. The van der Waals surface area contributed by atoms with Gasteiger partial charge in [0.05, 0.1) is 0 Å². The van der Waals surface area contributed by atoms with Crippen molar-refractivity contribution in [2.45, 2.75) is 38.4 Å². The average Bonchev–Trinajstić information content (AvgIpc) is 2.82. The summed E-state index contributed by atoms with van der Waals surface area (Å²) in [5.74, 6) is -0.714. The number of hydrogen-bond donors (Lipinski definition) is 2. The molecule has 114 valence electrons. The molecule has 2 N–H and O–H groups in total. The van der Waals surface area contributed by atoms with Gasteiger partial charge in [-0.1, -0.05) is 6.07 Å². The molecule has 6 heteroatoms. The van der Waals surface area contributed by atoms with E-state index >= 15 is 0 Å². The van der Waals surface area contributed by atoms with Gasteiger partial charge in [-0.15, -0.1) is 0 Å². The molecule has 0 bridgehead atoms. The first-order valence-electron chi connectivity index (χ1n) is 7.63. The van der Waals surface area contributed by atoms with Crippen LogP contribution in [0.15, 0.2) is 12.1 Å². The van der Waals surface area contributed by atoms with Crippen molar-refractivity contribution >= 4 is 17.7 Å². The van der Waals surface area contributed by atoms with Crippen LogP contribution in [-0.2, 0) is 29.1 Å². The summed E-state index contributed by atoms with van der Waals surface area (Å²) in [5.41, 5.74) is 4.15. The Bertz CT molecular complexity index is 698. The van der Waals surface area contributed by atoms with E-state index in [0.717, 1.165) is 25.1 Å². The van der Waals surface area contributed by atoms with Crippen LogP contribution in [-0.4, -0.2) is 35.2 Å². The Morgan fingerprint density at radius 3 is 2.73 bits per heavy atom. The molecule has 0 saturated carbocycles. The molecule has 3 aliphatic rings. The van der Waals surface area contributed by atoms with Gasteiger partial charge >= 0.3 is 0 Å². The molecule has 3 aliphatic heterocycles. The lowest BCUT2D eigenvalue weighted by molar-refractivity contribution is -0.136. The maximum Gasteiger partial charge on any atom is 0.255 e. The molecule has 6 nitrogen and oxygen atoms in total. The van der Waals surface area contributed by atoms with Crippen molar-refractivity contribution in [1.82, 2.24) is 15.5 Å². The van der Waals surface area contributed by atoms with E-state index in [1.807, 2.05) is 6.07 Å². The van der Waals surface area contributed by atoms with E-state index in [4.69, 9.17) is 0 Å². The molecule has 1 aromatic rings. The third-order valence-electron chi connectivity index (χ3n) is 4.73. The van der Waals surface area contributed by atoms with Crippen molar-refractivity contribution in [1.29, 1.82) is 0 Å². The minimum atomic E-state index is -0.534. The average molecular weight is 299 g/mol. The van der Waals surface area contributed by atoms with Crippen LogP contribution in [0, 0.1) is 0 Å². The largest absolute Gasteiger partial charge is 0.322 e. The summed E-state index contributed by atoms with van der Waals surface area (Å²) in [6.07, 6.45) is 1.66. The Hall–Kier alpha value is -2.21. The fraction of sp³-hybridized carbons (Fsp3) is 0.438. The van der Waals surface area contributed by atoms with E-state index in [1.165, 1.54) is 11.1 Å². The molecule has 1 atom stereocenters. The minimum absolute atomic E-state index is 0.0992. The number of benzene rings is 1. The lowest BCUT2D eigenvalue weighted by Gasteiger charge is -2.29. The van der Waals surface area contributed by atoms with Crippen molar-refractivity contribution in [2.24, 2.45) is 0 Å². The predicted molar refractivity (Wildman–Crippen MR) is 77.9 cm³/mol. The number of imide groups is 1. The lowest BCUT2D eigenvalue weighted by Crippen LogP contribution is -2.52. The zero-order valence-electron chi connectivity index (χ0n) is 12.1. The van der Waals surface area contributed by atoms with Gasteiger partial charge in [-0.2, -0.15) is 0 Å². The van der Waals surface area contributed by atoms with Crippen LogP contribution >= 0.6 is 0 Å². The summed E-state index contributed by atoms with van der Waals surface area (Å²) in [7, 11) is 0. The SMILES string of the molecule is O=C1CC[C@@H](N2Cc3cc4c(cc3C2=O)CNCC4)C(=O)N1. The van der Waals surface area contributed by atoms with Gasteiger partial charge in [0.15, 0.2) is 0 Å². The Morgan fingerprint density at radius 1 is 1.05 bits per heavy atom. The fourth-order valence-corrected chi connectivity index (χ4v) is 3.55. The van der Waals surface area contributed by atoms with E-state index in [0.29, 0.717) is 18.5 Å². The number of nitrogens with one attached hydrogen (secondary N) is 2. The van der Waals surface area contributed by atoms with E-state index < -0.39 is 6.04 Å². The Labute approximate surface area is 127 Å². The number of carbonyl (C=O) groups is 3. The molecule has 0 radical (unpaired) electrons. The standard InChI is InChI=1S/C16H17N3O3/c20-14-2-1-13(15(21)18-14)19-8-11-5-9-3-4-17-7-10(9)6-12(11)16(19)22/h5-6,13,17H,1-4,7-8H2,(H,18,20,21)/t13-/m1/s1. The highest BCUT2D eigenvalue weighted by Crippen LogP contribution is 2.30. The van der Waals surface area contributed by atoms with Crippen molar-refractivity contribution in [3.8, 4) is 0 Å². The highest BCUT2D eigenvalue weighted by Gasteiger charge is 2.39. The first-order chi connectivity index (χ1) is 10.6. The van der Waals surface area contributed by atoms with E-state index in [2.05, 4.69) is 16.7 Å². The quantitative estimate of drug-likeness (QED) is 0.721. The van der Waals surface area contributed by atoms with Crippen molar-refractivity contribution < 1.29 is 14.4 Å². The van der Waals surface area contributed by atoms with E-state index in [1.54, 1.807) is 4.90 Å². The monoisotopic (exact) mass is 299 g/mol. The topological polar surface area (TPSA) is 78.5 Å². The van der Waals surface area contributed by atoms with E-state index in [-0.39, 0.29) is 24.1 Å². The van der Waals surface area contributed by atoms with Crippen LogP contribution < -0.4 is 10.6 Å². The summed E-state index contributed by atoms with van der Waals surface area (Å²) < 4.78 is 0. The maximum atomic E-state index is 12.6. The fourth-order valence-electron chi connectivity index (χ4n) is 3.55. The highest BCUT2D eigenvalue weighted by molar-refractivity contribution is 6.05. The number of amides is 3. The highest BCUT2D eigenvalue weighted by atomic mass is 16.2. The molecule has 0 unspecified atom stereocenters. The van der Waals surface area contributed by atoms with Gasteiger partial charge in [0.2, 0.25) is 11.8 Å². The molecule has 3 amide bonds. The van der Waals surface area contributed by atoms with Gasteiger partial charge in [0.25, 0.3) is 5.91 Å². The number of carbonyl (C=O) groups excluding carboxylic acids is 3. The molecule has 0 spiro atoms. The number of rotatable bonds is 1. The predicted octanol–water partition coefficient (Wildman–Crippen LogP) is 0.0933. The second-order valence-electron chi connectivity index (χ2n) is 6.10. The Morgan fingerprint density at radius 2 is 1.91 bits per heavy atom. The molecule has 4 rings (SSSR count). The summed E-state index contributed by atoms with van der Waals surface area (Å²) in [4.78, 5) is 37.5. The summed E-state index contributed by atoms with van der Waals surface area (Å²) in [6, 6.07) is 3.54. The van der Waals surface area contributed by atoms with Crippen LogP contribution in [0.4, 0.5) is 0 Å². The van der Waals surface area contributed by atoms with Crippen molar-refractivity contribution in [2.75, 3.05) is 6.54 Å². The molecule has 1 aromatic carbocycles. The Kier molecular flexibility index (Phi) is 3.00. The van der Waals surface area contributed by atoms with Crippen LogP contribution in [0.3, 0.4) is 0 Å². The summed E-state index contributed by atoms with van der Waals surface area (Å²) >= 11 is 0.